The number of ether oxygens (including phenoxy) is 1. The Labute approximate surface area is 101 Å². The van der Waals surface area contributed by atoms with Gasteiger partial charge >= 0.3 is 0 Å². The van der Waals surface area contributed by atoms with Crippen LogP contribution in [0.25, 0.3) is 0 Å². The van der Waals surface area contributed by atoms with E-state index in [0.717, 1.165) is 0 Å². The number of nitrogens with zero attached hydrogens (tertiary/aromatic N) is 1. The van der Waals surface area contributed by atoms with Gasteiger partial charge in [0, 0.05) is 26.1 Å². The topological polar surface area (TPSA) is 96.7 Å². The third kappa shape index (κ3) is 3.65. The van der Waals surface area contributed by atoms with E-state index < -0.39 is 0 Å². The first-order chi connectivity index (χ1) is 8.10. The van der Waals surface area contributed by atoms with Crippen LogP contribution in [0, 0.1) is 0 Å². The van der Waals surface area contributed by atoms with Crippen LogP contribution in [0.3, 0.4) is 0 Å². The predicted octanol–water partition coefficient (Wildman–Crippen LogP) is -1.80. The fourth-order valence-electron chi connectivity index (χ4n) is 1.98. The monoisotopic (exact) mass is 244 g/mol. The van der Waals surface area contributed by atoms with Gasteiger partial charge in [0.05, 0.1) is 13.2 Å². The quantitative estimate of drug-likeness (QED) is 0.308. The highest BCUT2D eigenvalue weighted by atomic mass is 16.5. The van der Waals surface area contributed by atoms with Crippen LogP contribution in [0.1, 0.15) is 13.3 Å². The predicted molar refractivity (Wildman–Crippen MR) is 61.8 cm³/mol. The third-order valence-electron chi connectivity index (χ3n) is 2.93. The Morgan fingerprint density at radius 3 is 2.88 bits per heavy atom. The second kappa shape index (κ2) is 6.53. The molecule has 0 bridgehead atoms. The van der Waals surface area contributed by atoms with Crippen molar-refractivity contribution in [3.63, 3.8) is 0 Å². The average Bonchev–Trinajstić information content (AvgIpc) is 2.37. The van der Waals surface area contributed by atoms with Crippen LogP contribution in [0.15, 0.2) is 0 Å². The summed E-state index contributed by atoms with van der Waals surface area (Å²) in [5, 5.41) is 2.60. The lowest BCUT2D eigenvalue weighted by Crippen LogP contribution is -2.56. The number of nitrogens with two attached hydrogens (primary N) is 1. The van der Waals surface area contributed by atoms with Gasteiger partial charge in [-0.1, -0.05) is 0 Å². The maximum Gasteiger partial charge on any atom is 0.239 e. The lowest BCUT2D eigenvalue weighted by molar-refractivity contribution is -0.135. The summed E-state index contributed by atoms with van der Waals surface area (Å²) in [6.07, 6.45) is 0.268. The third-order valence-corrected chi connectivity index (χ3v) is 2.93. The van der Waals surface area contributed by atoms with E-state index in [1.165, 1.54) is 0 Å². The summed E-state index contributed by atoms with van der Waals surface area (Å²) >= 11 is 0. The minimum atomic E-state index is -0.339. The van der Waals surface area contributed by atoms with Crippen LogP contribution in [0.4, 0.5) is 0 Å². The zero-order valence-corrected chi connectivity index (χ0v) is 10.2. The molecule has 0 aromatic carbocycles. The number of likely N-dealkylation sites (N-methyl/N-ethyl adjacent to an activating group) is 1. The average molecular weight is 244 g/mol. The molecule has 0 saturated carbocycles. The Hall–Kier alpha value is -1.18. The zero-order chi connectivity index (χ0) is 12.8. The van der Waals surface area contributed by atoms with Crippen molar-refractivity contribution in [2.75, 3.05) is 26.8 Å². The number of hydrazine groups is 1. The maximum absolute atomic E-state index is 11.7. The van der Waals surface area contributed by atoms with Crippen LogP contribution >= 0.6 is 0 Å². The van der Waals surface area contributed by atoms with Crippen LogP contribution in [-0.2, 0) is 14.3 Å². The Morgan fingerprint density at radius 2 is 2.29 bits per heavy atom. The molecule has 2 amide bonds. The molecule has 0 aromatic rings. The Kier molecular flexibility index (Phi) is 5.33. The van der Waals surface area contributed by atoms with Crippen molar-refractivity contribution >= 4 is 11.8 Å². The smallest absolute Gasteiger partial charge is 0.239 e. The molecule has 4 N–H and O–H groups in total. The van der Waals surface area contributed by atoms with Crippen molar-refractivity contribution in [2.45, 2.75) is 25.4 Å². The summed E-state index contributed by atoms with van der Waals surface area (Å²) in [7, 11) is 1.59. The van der Waals surface area contributed by atoms with Gasteiger partial charge in [0.1, 0.15) is 6.04 Å². The lowest BCUT2D eigenvalue weighted by atomic mass is 10.1. The SMILES string of the molecule is CNC(=O)C1COCCN1C(C)CC(=O)NN. The fourth-order valence-corrected chi connectivity index (χ4v) is 1.98. The summed E-state index contributed by atoms with van der Waals surface area (Å²) in [6.45, 7) is 3.46. The van der Waals surface area contributed by atoms with Crippen molar-refractivity contribution in [1.82, 2.24) is 15.6 Å². The van der Waals surface area contributed by atoms with Crippen molar-refractivity contribution in [2.24, 2.45) is 5.84 Å². The Balaban J connectivity index is 2.63. The summed E-state index contributed by atoms with van der Waals surface area (Å²) in [5.74, 6) is 4.72. The van der Waals surface area contributed by atoms with Gasteiger partial charge in [-0.05, 0) is 6.92 Å². The first-order valence-corrected chi connectivity index (χ1v) is 5.64. The van der Waals surface area contributed by atoms with Gasteiger partial charge in [-0.2, -0.15) is 0 Å². The highest BCUT2D eigenvalue weighted by Gasteiger charge is 2.32. The molecule has 7 heteroatoms. The maximum atomic E-state index is 11.7. The van der Waals surface area contributed by atoms with Gasteiger partial charge in [-0.25, -0.2) is 5.84 Å². The summed E-state index contributed by atoms with van der Waals surface area (Å²) in [6, 6.07) is -0.390. The first kappa shape index (κ1) is 13.9. The molecule has 1 fully saturated rings. The van der Waals surface area contributed by atoms with Gasteiger partial charge < -0.3 is 10.1 Å². The molecule has 17 heavy (non-hydrogen) atoms. The second-order valence-corrected chi connectivity index (χ2v) is 4.06. The Bertz CT molecular complexity index is 285. The van der Waals surface area contributed by atoms with Crippen molar-refractivity contribution < 1.29 is 14.3 Å². The molecule has 2 atom stereocenters. The van der Waals surface area contributed by atoms with Gasteiger partial charge in [0.25, 0.3) is 0 Å². The molecule has 7 nitrogen and oxygen atoms in total. The first-order valence-electron chi connectivity index (χ1n) is 5.64. The van der Waals surface area contributed by atoms with E-state index in [1.807, 2.05) is 11.8 Å². The number of hydrogen-bond acceptors (Lipinski definition) is 5. The standard InChI is InChI=1S/C10H20N4O3/c1-7(5-9(15)13-11)14-3-4-17-6-8(14)10(16)12-2/h7-8H,3-6,11H2,1-2H3,(H,12,16)(H,13,15). The lowest BCUT2D eigenvalue weighted by Gasteiger charge is -2.38. The number of morpholine rings is 1. The zero-order valence-electron chi connectivity index (χ0n) is 10.2. The number of carbonyl (C=O) groups excluding carboxylic acids is 2. The number of rotatable bonds is 4. The van der Waals surface area contributed by atoms with Crippen molar-refractivity contribution in [3.05, 3.63) is 0 Å². The molecule has 2 unspecified atom stereocenters. The van der Waals surface area contributed by atoms with E-state index in [9.17, 15) is 9.59 Å². The molecular weight excluding hydrogens is 224 g/mol. The minimum Gasteiger partial charge on any atom is -0.378 e. The summed E-state index contributed by atoms with van der Waals surface area (Å²) in [5.41, 5.74) is 2.10. The largest absolute Gasteiger partial charge is 0.378 e. The van der Waals surface area contributed by atoms with Gasteiger partial charge in [-0.15, -0.1) is 0 Å². The van der Waals surface area contributed by atoms with Crippen LogP contribution in [0.2, 0.25) is 0 Å². The Morgan fingerprint density at radius 1 is 1.59 bits per heavy atom. The molecule has 0 radical (unpaired) electrons. The van der Waals surface area contributed by atoms with Crippen LogP contribution in [0.5, 0.6) is 0 Å². The van der Waals surface area contributed by atoms with E-state index in [-0.39, 0.29) is 30.3 Å². The molecular formula is C10H20N4O3. The van der Waals surface area contributed by atoms with Crippen molar-refractivity contribution in [1.29, 1.82) is 0 Å². The van der Waals surface area contributed by atoms with Gasteiger partial charge in [-0.3, -0.25) is 19.9 Å². The summed E-state index contributed by atoms with van der Waals surface area (Å²) < 4.78 is 5.29. The van der Waals surface area contributed by atoms with Crippen LogP contribution < -0.4 is 16.6 Å². The van der Waals surface area contributed by atoms with Gasteiger partial charge in [0.2, 0.25) is 11.8 Å². The highest BCUT2D eigenvalue weighted by Crippen LogP contribution is 2.13. The van der Waals surface area contributed by atoms with Gasteiger partial charge in [0.15, 0.2) is 0 Å². The van der Waals surface area contributed by atoms with Crippen LogP contribution in [-0.4, -0.2) is 55.6 Å². The summed E-state index contributed by atoms with van der Waals surface area (Å²) in [4.78, 5) is 24.9. The number of nitrogens with one attached hydrogen (secondary N) is 2. The van der Waals surface area contributed by atoms with E-state index in [1.54, 1.807) is 7.05 Å². The molecule has 0 aromatic heterocycles. The van der Waals surface area contributed by atoms with Crippen molar-refractivity contribution in [3.8, 4) is 0 Å². The molecule has 0 spiro atoms. The second-order valence-electron chi connectivity index (χ2n) is 4.06. The number of amides is 2. The number of carbonyl (C=O) groups is 2. The highest BCUT2D eigenvalue weighted by molar-refractivity contribution is 5.82. The molecule has 0 aliphatic carbocycles. The van der Waals surface area contributed by atoms with E-state index in [0.29, 0.717) is 19.8 Å². The molecule has 1 heterocycles. The molecule has 1 saturated heterocycles. The minimum absolute atomic E-state index is 0.0512. The molecule has 1 rings (SSSR count). The molecule has 1 aliphatic rings. The van der Waals surface area contributed by atoms with E-state index in [2.05, 4.69) is 10.7 Å². The normalized spacial score (nSPS) is 22.9. The van der Waals surface area contributed by atoms with E-state index >= 15 is 0 Å². The molecule has 1 aliphatic heterocycles. The molecule has 98 valence electrons. The van der Waals surface area contributed by atoms with E-state index in [4.69, 9.17) is 10.6 Å². The fraction of sp³-hybridized carbons (Fsp3) is 0.800. The number of hydrogen-bond donors (Lipinski definition) is 3.